The van der Waals surface area contributed by atoms with Crippen molar-refractivity contribution >= 4 is 5.91 Å². The molecule has 2 bridgehead atoms. The third kappa shape index (κ3) is 2.95. The quantitative estimate of drug-likeness (QED) is 0.836. The van der Waals surface area contributed by atoms with E-state index in [-0.39, 0.29) is 12.5 Å². The molecule has 2 aliphatic carbocycles. The molecule has 2 saturated carbocycles. The highest BCUT2D eigenvalue weighted by Crippen LogP contribution is 2.44. The van der Waals surface area contributed by atoms with Crippen LogP contribution in [0.1, 0.15) is 38.5 Å². The molecule has 0 spiro atoms. The Labute approximate surface area is 115 Å². The third-order valence-corrected chi connectivity index (χ3v) is 5.30. The Balaban J connectivity index is 1.42. The molecule has 108 valence electrons. The minimum atomic E-state index is 0.140. The Morgan fingerprint density at radius 3 is 2.58 bits per heavy atom. The Kier molecular flexibility index (Phi) is 4.08. The van der Waals surface area contributed by atoms with Crippen LogP contribution in [0, 0.1) is 11.8 Å². The van der Waals surface area contributed by atoms with Gasteiger partial charge < -0.3 is 15.0 Å². The third-order valence-electron chi connectivity index (χ3n) is 5.30. The van der Waals surface area contributed by atoms with Gasteiger partial charge in [-0.2, -0.15) is 0 Å². The van der Waals surface area contributed by atoms with Crippen molar-refractivity contribution in [1.82, 2.24) is 10.2 Å². The number of carbonyl (C=O) groups excluding carboxylic acids is 1. The molecule has 1 amide bonds. The Morgan fingerprint density at radius 2 is 2.00 bits per heavy atom. The van der Waals surface area contributed by atoms with Crippen LogP contribution in [0.15, 0.2) is 0 Å². The number of methoxy groups -OCH3 is 1. The molecular weight excluding hydrogens is 240 g/mol. The maximum absolute atomic E-state index is 11.7. The highest BCUT2D eigenvalue weighted by Gasteiger charge is 2.40. The van der Waals surface area contributed by atoms with Crippen molar-refractivity contribution in [1.29, 1.82) is 0 Å². The minimum absolute atomic E-state index is 0.140. The van der Waals surface area contributed by atoms with Crippen molar-refractivity contribution in [2.45, 2.75) is 50.6 Å². The fourth-order valence-electron chi connectivity index (χ4n) is 4.26. The maximum atomic E-state index is 11.7. The molecule has 3 aliphatic rings. The van der Waals surface area contributed by atoms with E-state index in [4.69, 9.17) is 4.74 Å². The second-order valence-corrected chi connectivity index (χ2v) is 6.54. The van der Waals surface area contributed by atoms with Gasteiger partial charge in [-0.25, -0.2) is 0 Å². The fourth-order valence-corrected chi connectivity index (χ4v) is 4.26. The van der Waals surface area contributed by atoms with E-state index >= 15 is 0 Å². The zero-order valence-corrected chi connectivity index (χ0v) is 11.9. The predicted molar refractivity (Wildman–Crippen MR) is 73.8 cm³/mol. The van der Waals surface area contributed by atoms with Gasteiger partial charge >= 0.3 is 0 Å². The van der Waals surface area contributed by atoms with Gasteiger partial charge in [0.1, 0.15) is 6.61 Å². The zero-order chi connectivity index (χ0) is 13.2. The SMILES string of the molecule is COCC(=O)N1CCC(NC2CC3CCC2C3)CC1. The van der Waals surface area contributed by atoms with Gasteiger partial charge in [0.15, 0.2) is 0 Å². The lowest BCUT2D eigenvalue weighted by molar-refractivity contribution is -0.136. The molecule has 0 radical (unpaired) electrons. The molecule has 4 heteroatoms. The zero-order valence-electron chi connectivity index (χ0n) is 11.9. The average molecular weight is 266 g/mol. The molecule has 4 nitrogen and oxygen atoms in total. The molecule has 1 N–H and O–H groups in total. The van der Waals surface area contributed by atoms with Crippen LogP contribution in [0.5, 0.6) is 0 Å². The summed E-state index contributed by atoms with van der Waals surface area (Å²) in [5.74, 6) is 2.09. The first-order valence-electron chi connectivity index (χ1n) is 7.79. The van der Waals surface area contributed by atoms with Crippen LogP contribution >= 0.6 is 0 Å². The van der Waals surface area contributed by atoms with E-state index in [9.17, 15) is 4.79 Å². The van der Waals surface area contributed by atoms with Crippen LogP contribution in [0.2, 0.25) is 0 Å². The van der Waals surface area contributed by atoms with Gasteiger partial charge in [0.2, 0.25) is 5.91 Å². The molecule has 0 aromatic rings. The van der Waals surface area contributed by atoms with Crippen LogP contribution < -0.4 is 5.32 Å². The van der Waals surface area contributed by atoms with E-state index in [1.165, 1.54) is 25.7 Å². The van der Waals surface area contributed by atoms with Crippen molar-refractivity contribution < 1.29 is 9.53 Å². The number of nitrogens with zero attached hydrogens (tertiary/aromatic N) is 1. The topological polar surface area (TPSA) is 41.6 Å². The number of rotatable bonds is 4. The first-order chi connectivity index (χ1) is 9.26. The average Bonchev–Trinajstić information content (AvgIpc) is 3.02. The Hall–Kier alpha value is -0.610. The Morgan fingerprint density at radius 1 is 1.21 bits per heavy atom. The normalized spacial score (nSPS) is 35.0. The summed E-state index contributed by atoms with van der Waals surface area (Å²) in [5.41, 5.74) is 0. The van der Waals surface area contributed by atoms with Crippen molar-refractivity contribution in [2.75, 3.05) is 26.8 Å². The van der Waals surface area contributed by atoms with Gasteiger partial charge in [-0.15, -0.1) is 0 Å². The number of carbonyl (C=O) groups is 1. The summed E-state index contributed by atoms with van der Waals surface area (Å²) >= 11 is 0. The van der Waals surface area contributed by atoms with Crippen LogP contribution in [0.25, 0.3) is 0 Å². The molecule has 3 fully saturated rings. The lowest BCUT2D eigenvalue weighted by atomic mass is 9.93. The fraction of sp³-hybridized carbons (Fsp3) is 0.933. The molecule has 3 atom stereocenters. The number of hydrogen-bond donors (Lipinski definition) is 1. The van der Waals surface area contributed by atoms with Crippen molar-refractivity contribution in [3.8, 4) is 0 Å². The molecular formula is C15H26N2O2. The van der Waals surface area contributed by atoms with Crippen LogP contribution in [0.4, 0.5) is 0 Å². The van der Waals surface area contributed by atoms with Gasteiger partial charge in [-0.1, -0.05) is 6.42 Å². The summed E-state index contributed by atoms with van der Waals surface area (Å²) in [4.78, 5) is 13.7. The second kappa shape index (κ2) is 5.80. The summed E-state index contributed by atoms with van der Waals surface area (Å²) in [6, 6.07) is 1.39. The van der Waals surface area contributed by atoms with Gasteiger partial charge in [0, 0.05) is 32.3 Å². The number of ether oxygens (including phenoxy) is 1. The van der Waals surface area contributed by atoms with Crippen LogP contribution in [-0.4, -0.2) is 49.7 Å². The molecule has 1 saturated heterocycles. The lowest BCUT2D eigenvalue weighted by Gasteiger charge is -2.35. The highest BCUT2D eigenvalue weighted by atomic mass is 16.5. The van der Waals surface area contributed by atoms with Crippen LogP contribution in [0.3, 0.4) is 0 Å². The second-order valence-electron chi connectivity index (χ2n) is 6.54. The minimum Gasteiger partial charge on any atom is -0.375 e. The van der Waals surface area contributed by atoms with Crippen molar-refractivity contribution in [3.05, 3.63) is 0 Å². The summed E-state index contributed by atoms with van der Waals surface area (Å²) < 4.78 is 4.92. The first-order valence-corrected chi connectivity index (χ1v) is 7.79. The molecule has 0 aromatic heterocycles. The predicted octanol–water partition coefficient (Wildman–Crippen LogP) is 1.40. The number of hydrogen-bond acceptors (Lipinski definition) is 3. The summed E-state index contributed by atoms with van der Waals surface area (Å²) in [6.45, 7) is 2.01. The van der Waals surface area contributed by atoms with E-state index in [2.05, 4.69) is 5.32 Å². The van der Waals surface area contributed by atoms with Crippen LogP contribution in [-0.2, 0) is 9.53 Å². The number of piperidine rings is 1. The van der Waals surface area contributed by atoms with E-state index < -0.39 is 0 Å². The van der Waals surface area contributed by atoms with Crippen molar-refractivity contribution in [3.63, 3.8) is 0 Å². The molecule has 1 heterocycles. The smallest absolute Gasteiger partial charge is 0.248 e. The maximum Gasteiger partial charge on any atom is 0.248 e. The number of fused-ring (bicyclic) bond motifs is 2. The molecule has 0 aromatic carbocycles. The number of amides is 1. The lowest BCUT2D eigenvalue weighted by Crippen LogP contribution is -2.49. The molecule has 19 heavy (non-hydrogen) atoms. The van der Waals surface area contributed by atoms with Gasteiger partial charge in [-0.05, 0) is 43.9 Å². The number of nitrogens with one attached hydrogen (secondary N) is 1. The highest BCUT2D eigenvalue weighted by molar-refractivity contribution is 5.77. The monoisotopic (exact) mass is 266 g/mol. The van der Waals surface area contributed by atoms with E-state index in [0.29, 0.717) is 6.04 Å². The Bertz CT molecular complexity index is 326. The van der Waals surface area contributed by atoms with Crippen molar-refractivity contribution in [2.24, 2.45) is 11.8 Å². The first kappa shape index (κ1) is 13.4. The molecule has 3 unspecified atom stereocenters. The van der Waals surface area contributed by atoms with Gasteiger partial charge in [0.05, 0.1) is 0 Å². The van der Waals surface area contributed by atoms with E-state index in [0.717, 1.165) is 43.8 Å². The molecule has 3 rings (SSSR count). The van der Waals surface area contributed by atoms with Gasteiger partial charge in [0.25, 0.3) is 0 Å². The molecule has 1 aliphatic heterocycles. The summed E-state index contributed by atoms with van der Waals surface area (Å²) in [5, 5.41) is 3.87. The standard InChI is InChI=1S/C15H26N2O2/c1-19-10-15(18)17-6-4-13(5-7-17)16-14-9-11-2-3-12(14)8-11/h11-14,16H,2-10H2,1H3. The number of likely N-dealkylation sites (tertiary alicyclic amines) is 1. The largest absolute Gasteiger partial charge is 0.375 e. The van der Waals surface area contributed by atoms with E-state index in [1.54, 1.807) is 7.11 Å². The van der Waals surface area contributed by atoms with E-state index in [1.807, 2.05) is 4.90 Å². The summed E-state index contributed by atoms with van der Waals surface area (Å²) in [6.07, 6.45) is 7.96. The summed E-state index contributed by atoms with van der Waals surface area (Å²) in [7, 11) is 1.58. The van der Waals surface area contributed by atoms with Gasteiger partial charge in [-0.3, -0.25) is 4.79 Å².